The Morgan fingerprint density at radius 2 is 2.16 bits per heavy atom. The molecule has 2 aliphatic rings. The van der Waals surface area contributed by atoms with Crippen molar-refractivity contribution in [1.29, 1.82) is 0 Å². The van der Waals surface area contributed by atoms with Gasteiger partial charge in [-0.2, -0.15) is 0 Å². The van der Waals surface area contributed by atoms with Crippen LogP contribution in [0.2, 0.25) is 0 Å². The first-order chi connectivity index (χ1) is 9.18. The number of hydrogen-bond donors (Lipinski definition) is 1. The van der Waals surface area contributed by atoms with Crippen LogP contribution in [-0.4, -0.2) is 38.2 Å². The summed E-state index contributed by atoms with van der Waals surface area (Å²) in [6.45, 7) is 1.42. The fourth-order valence-corrected chi connectivity index (χ4v) is 3.97. The van der Waals surface area contributed by atoms with Gasteiger partial charge >= 0.3 is 0 Å². The van der Waals surface area contributed by atoms with Crippen molar-refractivity contribution in [3.63, 3.8) is 0 Å². The van der Waals surface area contributed by atoms with Crippen molar-refractivity contribution in [2.45, 2.75) is 30.2 Å². The van der Waals surface area contributed by atoms with Gasteiger partial charge in [0.15, 0.2) is 0 Å². The van der Waals surface area contributed by atoms with Crippen LogP contribution in [0.25, 0.3) is 0 Å². The number of benzene rings is 1. The van der Waals surface area contributed by atoms with Crippen LogP contribution in [-0.2, 0) is 10.0 Å². The molecule has 1 fully saturated rings. The molecule has 1 saturated heterocycles. The number of aliphatic imine (C=N–C) groups is 1. The van der Waals surface area contributed by atoms with Crippen LogP contribution in [0, 0.1) is 0 Å². The van der Waals surface area contributed by atoms with Crippen LogP contribution in [0.1, 0.15) is 19.3 Å². The Hall–Kier alpha value is -1.40. The van der Waals surface area contributed by atoms with Gasteiger partial charge in [0.25, 0.3) is 10.0 Å². The minimum atomic E-state index is -3.44. The zero-order valence-corrected chi connectivity index (χ0v) is 11.4. The van der Waals surface area contributed by atoms with Gasteiger partial charge in [-0.1, -0.05) is 18.6 Å². The first-order valence-corrected chi connectivity index (χ1v) is 8.00. The van der Waals surface area contributed by atoms with Crippen molar-refractivity contribution in [3.8, 4) is 0 Å². The lowest BCUT2D eigenvalue weighted by Crippen LogP contribution is -2.45. The Kier molecular flexibility index (Phi) is 3.28. The van der Waals surface area contributed by atoms with Crippen molar-refractivity contribution in [1.82, 2.24) is 9.62 Å². The molecule has 19 heavy (non-hydrogen) atoms. The lowest BCUT2D eigenvalue weighted by Gasteiger charge is -2.30. The lowest BCUT2D eigenvalue weighted by atomic mass is 10.1. The van der Waals surface area contributed by atoms with Crippen LogP contribution < -0.4 is 5.32 Å². The van der Waals surface area contributed by atoms with E-state index in [1.165, 1.54) is 17.1 Å². The monoisotopic (exact) mass is 279 g/mol. The fraction of sp³-hybridized carbons (Fsp3) is 0.462. The highest BCUT2D eigenvalue weighted by Crippen LogP contribution is 2.30. The zero-order chi connectivity index (χ0) is 13.3. The molecule has 0 saturated carbocycles. The molecular formula is C13H17N3O2S. The third-order valence-electron chi connectivity index (χ3n) is 3.59. The molecule has 0 aromatic heterocycles. The van der Waals surface area contributed by atoms with E-state index in [2.05, 4.69) is 10.3 Å². The zero-order valence-electron chi connectivity index (χ0n) is 10.6. The number of sulfonamides is 1. The Morgan fingerprint density at radius 3 is 2.95 bits per heavy atom. The van der Waals surface area contributed by atoms with E-state index in [1.807, 2.05) is 0 Å². The summed E-state index contributed by atoms with van der Waals surface area (Å²) in [5, 5.41) is 3.36. The van der Waals surface area contributed by atoms with Gasteiger partial charge in [0.05, 0.1) is 12.2 Å². The maximum atomic E-state index is 12.5. The first-order valence-electron chi connectivity index (χ1n) is 6.56. The quantitative estimate of drug-likeness (QED) is 0.892. The van der Waals surface area contributed by atoms with E-state index in [1.54, 1.807) is 24.3 Å². The van der Waals surface area contributed by atoms with E-state index in [0.717, 1.165) is 19.4 Å². The number of para-hydroxylation sites is 1. The minimum absolute atomic E-state index is 0.222. The third-order valence-corrected chi connectivity index (χ3v) is 5.35. The fourth-order valence-electron chi connectivity index (χ4n) is 2.54. The van der Waals surface area contributed by atoms with Gasteiger partial charge in [0.2, 0.25) is 0 Å². The molecule has 6 heteroatoms. The molecule has 5 nitrogen and oxygen atoms in total. The highest BCUT2D eigenvalue weighted by molar-refractivity contribution is 7.89. The van der Waals surface area contributed by atoms with E-state index in [0.29, 0.717) is 17.1 Å². The highest BCUT2D eigenvalue weighted by atomic mass is 32.2. The third kappa shape index (κ3) is 2.37. The average Bonchev–Trinajstić information content (AvgIpc) is 2.44. The molecule has 1 atom stereocenters. The van der Waals surface area contributed by atoms with Crippen molar-refractivity contribution < 1.29 is 8.42 Å². The number of piperidine rings is 1. The maximum absolute atomic E-state index is 12.5. The summed E-state index contributed by atoms with van der Waals surface area (Å²) in [7, 11) is -3.44. The van der Waals surface area contributed by atoms with Crippen molar-refractivity contribution in [2.75, 3.05) is 13.1 Å². The van der Waals surface area contributed by atoms with E-state index < -0.39 is 10.0 Å². The highest BCUT2D eigenvalue weighted by Gasteiger charge is 2.30. The van der Waals surface area contributed by atoms with Gasteiger partial charge in [-0.25, -0.2) is 13.4 Å². The molecule has 0 aliphatic carbocycles. The Morgan fingerprint density at radius 1 is 1.32 bits per heavy atom. The molecule has 1 unspecified atom stereocenters. The molecular weight excluding hydrogens is 262 g/mol. The molecule has 1 N–H and O–H groups in total. The summed E-state index contributed by atoms with van der Waals surface area (Å²) in [5.74, 6) is 0. The summed E-state index contributed by atoms with van der Waals surface area (Å²) >= 11 is 0. The van der Waals surface area contributed by atoms with E-state index in [4.69, 9.17) is 0 Å². The van der Waals surface area contributed by atoms with Gasteiger partial charge in [0, 0.05) is 6.04 Å². The predicted octanol–water partition coefficient (Wildman–Crippen LogP) is 1.49. The topological polar surface area (TPSA) is 61.8 Å². The molecule has 0 radical (unpaired) electrons. The number of nitrogens with one attached hydrogen (secondary N) is 1. The molecule has 0 spiro atoms. The summed E-state index contributed by atoms with van der Waals surface area (Å²) in [4.78, 5) is 4.53. The van der Waals surface area contributed by atoms with Gasteiger partial charge in [-0.05, 0) is 31.5 Å². The molecule has 0 bridgehead atoms. The molecule has 1 aromatic carbocycles. The van der Waals surface area contributed by atoms with Crippen molar-refractivity contribution in [2.24, 2.45) is 4.99 Å². The Labute approximate surface area is 113 Å². The molecule has 1 aromatic rings. The number of fused-ring (bicyclic) bond motifs is 1. The second-order valence-electron chi connectivity index (χ2n) is 4.93. The molecule has 2 aliphatic heterocycles. The molecule has 0 amide bonds. The number of rotatable bonds is 2. The van der Waals surface area contributed by atoms with Crippen LogP contribution in [0.15, 0.2) is 34.2 Å². The first kappa shape index (κ1) is 12.6. The SMILES string of the molecule is O=S1(=O)c2ccccc2N=CN1CC1CCCCN1. The van der Waals surface area contributed by atoms with Gasteiger partial charge in [-0.3, -0.25) is 4.31 Å². The van der Waals surface area contributed by atoms with E-state index >= 15 is 0 Å². The summed E-state index contributed by atoms with van der Waals surface area (Å²) in [6, 6.07) is 7.08. The smallest absolute Gasteiger partial charge is 0.267 e. The Balaban J connectivity index is 1.85. The van der Waals surface area contributed by atoms with Crippen LogP contribution in [0.3, 0.4) is 0 Å². The standard InChI is InChI=1S/C13H17N3O2S/c17-19(18)13-7-2-1-6-12(13)15-10-16(19)9-11-5-3-4-8-14-11/h1-2,6-7,10-11,14H,3-5,8-9H2. The van der Waals surface area contributed by atoms with Crippen LogP contribution >= 0.6 is 0 Å². The molecule has 3 rings (SSSR count). The molecule has 2 heterocycles. The minimum Gasteiger partial charge on any atom is -0.312 e. The predicted molar refractivity (Wildman–Crippen MR) is 74.1 cm³/mol. The normalized spacial score (nSPS) is 25.1. The van der Waals surface area contributed by atoms with Gasteiger partial charge in [0.1, 0.15) is 11.2 Å². The van der Waals surface area contributed by atoms with E-state index in [9.17, 15) is 8.42 Å². The van der Waals surface area contributed by atoms with Crippen LogP contribution in [0.5, 0.6) is 0 Å². The lowest BCUT2D eigenvalue weighted by molar-refractivity contribution is 0.362. The van der Waals surface area contributed by atoms with Gasteiger partial charge in [-0.15, -0.1) is 0 Å². The number of nitrogens with zero attached hydrogens (tertiary/aromatic N) is 2. The Bertz CT molecular complexity index is 592. The summed E-state index contributed by atoms with van der Waals surface area (Å²) in [6.07, 6.45) is 4.77. The van der Waals surface area contributed by atoms with Gasteiger partial charge < -0.3 is 5.32 Å². The van der Waals surface area contributed by atoms with Crippen LogP contribution in [0.4, 0.5) is 5.69 Å². The second-order valence-corrected chi connectivity index (χ2v) is 6.79. The molecule has 102 valence electrons. The summed E-state index contributed by atoms with van der Waals surface area (Å²) in [5.41, 5.74) is 0.523. The number of hydrogen-bond acceptors (Lipinski definition) is 4. The van der Waals surface area contributed by atoms with E-state index in [-0.39, 0.29) is 6.04 Å². The van der Waals surface area contributed by atoms with Crippen molar-refractivity contribution in [3.05, 3.63) is 24.3 Å². The second kappa shape index (κ2) is 4.94. The van der Waals surface area contributed by atoms with Crippen molar-refractivity contribution >= 4 is 22.0 Å². The maximum Gasteiger partial charge on any atom is 0.267 e. The average molecular weight is 279 g/mol. The summed E-state index contributed by atoms with van der Waals surface area (Å²) < 4.78 is 26.3. The largest absolute Gasteiger partial charge is 0.312 e.